The second-order valence-corrected chi connectivity index (χ2v) is 2.79. The second kappa shape index (κ2) is 4.48. The quantitative estimate of drug-likeness (QED) is 0.147. The van der Waals surface area contributed by atoms with Crippen molar-refractivity contribution in [3.63, 3.8) is 0 Å². The van der Waals surface area contributed by atoms with Gasteiger partial charge in [-0.05, 0) is 5.18 Å². The lowest BCUT2D eigenvalue weighted by atomic mass is 10.1. The lowest BCUT2D eigenvalue weighted by Crippen LogP contribution is -2.16. The van der Waals surface area contributed by atoms with E-state index in [1.807, 2.05) is 0 Å². The maximum absolute atomic E-state index is 10.6. The largest absolute Gasteiger partial charge is 0.395 e. The lowest BCUT2D eigenvalue weighted by molar-refractivity contribution is 0.389. The van der Waals surface area contributed by atoms with E-state index < -0.39 is 0 Å². The lowest BCUT2D eigenvalue weighted by Gasteiger charge is -2.17. The summed E-state index contributed by atoms with van der Waals surface area (Å²) in [6.45, 7) is 0. The van der Waals surface area contributed by atoms with Crippen LogP contribution in [0.15, 0.2) is 5.18 Å². The average molecular weight is 228 g/mol. The molecule has 0 aliphatic carbocycles. The molecule has 10 heteroatoms. The average Bonchev–Trinajstić information content (AvgIpc) is 2.30. The van der Waals surface area contributed by atoms with Gasteiger partial charge in [-0.15, -0.1) is 4.91 Å². The molecule has 0 atom stereocenters. The number of benzene rings is 1. The van der Waals surface area contributed by atoms with E-state index in [1.54, 1.807) is 5.48 Å². The van der Waals surface area contributed by atoms with Crippen LogP contribution in [0.1, 0.15) is 0 Å². The predicted molar refractivity (Wildman–Crippen MR) is 61.8 cm³/mol. The molecule has 0 saturated heterocycles. The molecule has 10 nitrogen and oxygen atoms in total. The number of nitrogens with zero attached hydrogens (tertiary/aromatic N) is 1. The van der Waals surface area contributed by atoms with Crippen molar-refractivity contribution in [1.29, 1.82) is 0 Å². The molecule has 0 spiro atoms. The summed E-state index contributed by atoms with van der Waals surface area (Å²) < 4.78 is 0. The number of nitroso groups, excluding NO2 is 1. The minimum atomic E-state index is -0.202. The van der Waals surface area contributed by atoms with Crippen LogP contribution < -0.4 is 39.5 Å². The van der Waals surface area contributed by atoms with E-state index in [0.29, 0.717) is 0 Å². The fourth-order valence-corrected chi connectivity index (χ4v) is 1.28. The number of nitrogen functional groups attached to an aromatic ring is 4. The van der Waals surface area contributed by atoms with E-state index in [-0.39, 0.29) is 34.1 Å². The standard InChI is InChI=1S/C6H12N8O2/c7-1-3(11-9)6(14-16)2(8)4(12-10)5(1)13-15/h11-13,15H,7-10H2. The number of hydrogen-bond donors (Lipinski definition) is 8. The summed E-state index contributed by atoms with van der Waals surface area (Å²) >= 11 is 0. The first-order chi connectivity index (χ1) is 7.62. The van der Waals surface area contributed by atoms with Gasteiger partial charge in [0.1, 0.15) is 17.1 Å². The number of hydrazine groups is 2. The van der Waals surface area contributed by atoms with Crippen molar-refractivity contribution in [2.45, 2.75) is 0 Å². The maximum atomic E-state index is 10.6. The molecule has 0 fully saturated rings. The highest BCUT2D eigenvalue weighted by molar-refractivity contribution is 6.04. The Kier molecular flexibility index (Phi) is 3.30. The van der Waals surface area contributed by atoms with Crippen LogP contribution in [0.25, 0.3) is 0 Å². The van der Waals surface area contributed by atoms with E-state index >= 15 is 0 Å². The van der Waals surface area contributed by atoms with E-state index in [9.17, 15) is 4.91 Å². The summed E-state index contributed by atoms with van der Waals surface area (Å²) in [4.78, 5) is 10.6. The van der Waals surface area contributed by atoms with Crippen molar-refractivity contribution in [1.82, 2.24) is 0 Å². The van der Waals surface area contributed by atoms with Gasteiger partial charge in [0.05, 0.1) is 11.4 Å². The van der Waals surface area contributed by atoms with Gasteiger partial charge in [-0.3, -0.25) is 22.4 Å². The van der Waals surface area contributed by atoms with E-state index in [2.05, 4.69) is 16.0 Å². The number of nitrogens with two attached hydrogens (primary N) is 4. The van der Waals surface area contributed by atoms with Gasteiger partial charge in [-0.2, -0.15) is 0 Å². The third-order valence-electron chi connectivity index (χ3n) is 2.04. The molecule has 0 unspecified atom stereocenters. The van der Waals surface area contributed by atoms with Crippen LogP contribution in [0.2, 0.25) is 0 Å². The van der Waals surface area contributed by atoms with Crippen molar-refractivity contribution in [2.75, 3.05) is 27.8 Å². The van der Waals surface area contributed by atoms with E-state index in [4.69, 9.17) is 28.4 Å². The molecule has 1 aromatic rings. The highest BCUT2D eigenvalue weighted by Crippen LogP contribution is 2.47. The summed E-state index contributed by atoms with van der Waals surface area (Å²) in [5.41, 5.74) is 17.0. The Balaban J connectivity index is 3.67. The smallest absolute Gasteiger partial charge is 0.159 e. The van der Waals surface area contributed by atoms with Gasteiger partial charge in [-0.25, -0.2) is 0 Å². The summed E-state index contributed by atoms with van der Waals surface area (Å²) in [5.74, 6) is 10.3. The molecule has 0 bridgehead atoms. The molecule has 0 aliphatic rings. The molecule has 12 N–H and O–H groups in total. The van der Waals surface area contributed by atoms with Crippen LogP contribution in [0.4, 0.5) is 34.1 Å². The van der Waals surface area contributed by atoms with Crippen molar-refractivity contribution < 1.29 is 5.21 Å². The van der Waals surface area contributed by atoms with Crippen molar-refractivity contribution >= 4 is 34.1 Å². The monoisotopic (exact) mass is 228 g/mol. The fourth-order valence-electron chi connectivity index (χ4n) is 1.28. The number of anilines is 5. The first-order valence-corrected chi connectivity index (χ1v) is 4.03. The Morgan fingerprint density at radius 3 is 1.94 bits per heavy atom. The van der Waals surface area contributed by atoms with E-state index in [1.165, 1.54) is 0 Å². The third kappa shape index (κ3) is 1.52. The molecule has 1 rings (SSSR count). The Labute approximate surface area is 89.8 Å². The second-order valence-electron chi connectivity index (χ2n) is 2.79. The van der Waals surface area contributed by atoms with Gasteiger partial charge in [0.2, 0.25) is 0 Å². The zero-order chi connectivity index (χ0) is 12.3. The van der Waals surface area contributed by atoms with Crippen molar-refractivity contribution in [3.8, 4) is 0 Å². The Morgan fingerprint density at radius 1 is 1.00 bits per heavy atom. The first kappa shape index (κ1) is 11.8. The van der Waals surface area contributed by atoms with Crippen LogP contribution in [0, 0.1) is 4.91 Å². The number of rotatable bonds is 4. The molecule has 0 radical (unpaired) electrons. The molecule has 16 heavy (non-hydrogen) atoms. The topological polar surface area (TPSA) is 190 Å². The van der Waals surface area contributed by atoms with Crippen LogP contribution in [-0.2, 0) is 0 Å². The predicted octanol–water partition coefficient (Wildman–Crippen LogP) is -0.379. The maximum Gasteiger partial charge on any atom is 0.159 e. The van der Waals surface area contributed by atoms with E-state index in [0.717, 1.165) is 0 Å². The summed E-state index contributed by atoms with van der Waals surface area (Å²) in [5, 5.41) is 11.6. The molecule has 0 saturated carbocycles. The molecule has 88 valence electrons. The van der Waals surface area contributed by atoms with Gasteiger partial charge >= 0.3 is 0 Å². The summed E-state index contributed by atoms with van der Waals surface area (Å²) in [6.07, 6.45) is 0. The molecular weight excluding hydrogens is 216 g/mol. The van der Waals surface area contributed by atoms with Crippen LogP contribution >= 0.6 is 0 Å². The van der Waals surface area contributed by atoms with Gasteiger partial charge < -0.3 is 22.3 Å². The zero-order valence-electron chi connectivity index (χ0n) is 8.11. The molecule has 1 aromatic carbocycles. The van der Waals surface area contributed by atoms with Crippen LogP contribution in [0.3, 0.4) is 0 Å². The Bertz CT molecular complexity index is 420. The van der Waals surface area contributed by atoms with Crippen molar-refractivity contribution in [2.24, 2.45) is 16.9 Å². The highest BCUT2D eigenvalue weighted by Gasteiger charge is 2.20. The Hall–Kier alpha value is -2.30. The molecule has 0 aliphatic heterocycles. The summed E-state index contributed by atoms with van der Waals surface area (Å²) in [6, 6.07) is 0. The number of hydrogen-bond acceptors (Lipinski definition) is 10. The molecule has 0 aromatic heterocycles. The van der Waals surface area contributed by atoms with Gasteiger partial charge in [0.25, 0.3) is 0 Å². The normalized spacial score (nSPS) is 9.69. The van der Waals surface area contributed by atoms with Crippen molar-refractivity contribution in [3.05, 3.63) is 4.91 Å². The van der Waals surface area contributed by atoms with Gasteiger partial charge in [0.15, 0.2) is 5.69 Å². The Morgan fingerprint density at radius 2 is 1.56 bits per heavy atom. The van der Waals surface area contributed by atoms with Gasteiger partial charge in [-0.1, -0.05) is 0 Å². The highest BCUT2D eigenvalue weighted by atomic mass is 16.5. The van der Waals surface area contributed by atoms with Gasteiger partial charge in [0, 0.05) is 0 Å². The summed E-state index contributed by atoms with van der Waals surface area (Å²) in [7, 11) is 0. The molecular formula is C6H12N8O2. The first-order valence-electron chi connectivity index (χ1n) is 4.03. The zero-order valence-corrected chi connectivity index (χ0v) is 8.11. The third-order valence-corrected chi connectivity index (χ3v) is 2.04. The minimum Gasteiger partial charge on any atom is -0.395 e. The van der Waals surface area contributed by atoms with Crippen LogP contribution in [0.5, 0.6) is 0 Å². The molecule has 0 heterocycles. The number of nitrogens with one attached hydrogen (secondary N) is 3. The molecule has 0 amide bonds. The minimum absolute atomic E-state index is 0.0111. The fraction of sp³-hybridized carbons (Fsp3) is 0. The van der Waals surface area contributed by atoms with Crippen LogP contribution in [-0.4, -0.2) is 5.21 Å². The SMILES string of the molecule is NNc1c(N)c(NO)c(NN)c(N)c1N=O.